The number of aromatic nitrogens is 1. The summed E-state index contributed by atoms with van der Waals surface area (Å²) in [5.41, 5.74) is -0.137. The molecule has 2 heterocycles. The lowest BCUT2D eigenvalue weighted by Crippen LogP contribution is -2.49. The molecule has 1 aliphatic carbocycles. The maximum absolute atomic E-state index is 12.8. The first-order valence-electron chi connectivity index (χ1n) is 11.7. The van der Waals surface area contributed by atoms with Crippen molar-refractivity contribution in [3.05, 3.63) is 54.7 Å². The van der Waals surface area contributed by atoms with E-state index in [2.05, 4.69) is 25.5 Å². The average Bonchev–Trinajstić information content (AvgIpc) is 3.28. The van der Waals surface area contributed by atoms with E-state index in [9.17, 15) is 13.2 Å². The number of hydrogen-bond acceptors (Lipinski definition) is 7. The third-order valence-corrected chi connectivity index (χ3v) is 7.91. The Morgan fingerprint density at radius 1 is 1.15 bits per heavy atom. The highest BCUT2D eigenvalue weighted by Gasteiger charge is 2.44. The predicted molar refractivity (Wildman–Crippen MR) is 130 cm³/mol. The normalized spacial score (nSPS) is 23.1. The summed E-state index contributed by atoms with van der Waals surface area (Å²) >= 11 is 0. The van der Waals surface area contributed by atoms with E-state index in [0.29, 0.717) is 24.5 Å². The van der Waals surface area contributed by atoms with Crippen molar-refractivity contribution in [1.29, 1.82) is 0 Å². The molecule has 1 unspecified atom stereocenters. The molecule has 2 aliphatic rings. The van der Waals surface area contributed by atoms with Gasteiger partial charge in [-0.25, -0.2) is 13.4 Å². The van der Waals surface area contributed by atoms with Crippen molar-refractivity contribution in [1.82, 2.24) is 15.0 Å². The van der Waals surface area contributed by atoms with Crippen LogP contribution in [0.15, 0.2) is 64.8 Å². The van der Waals surface area contributed by atoms with Crippen molar-refractivity contribution in [2.24, 2.45) is 11.1 Å². The Kier molecular flexibility index (Phi) is 7.47. The number of carbonyl (C=O) groups is 1. The third kappa shape index (κ3) is 5.92. The minimum Gasteiger partial charge on any atom is -0.388 e. The summed E-state index contributed by atoms with van der Waals surface area (Å²) in [5.74, 6) is 0.972. The van der Waals surface area contributed by atoms with Gasteiger partial charge in [0.1, 0.15) is 17.1 Å². The minimum absolute atomic E-state index is 0.150. The number of amides is 1. The Morgan fingerprint density at radius 2 is 1.88 bits per heavy atom. The Hall–Kier alpha value is -2.98. The van der Waals surface area contributed by atoms with Gasteiger partial charge in [0.25, 0.3) is 5.91 Å². The van der Waals surface area contributed by atoms with E-state index >= 15 is 0 Å². The maximum atomic E-state index is 12.8. The predicted octanol–water partition coefficient (Wildman–Crippen LogP) is 3.03. The number of oxime groups is 1. The van der Waals surface area contributed by atoms with Gasteiger partial charge in [-0.15, -0.1) is 0 Å². The summed E-state index contributed by atoms with van der Waals surface area (Å²) in [5, 5.41) is 10.2. The van der Waals surface area contributed by atoms with Crippen LogP contribution in [0.2, 0.25) is 0 Å². The molecule has 0 saturated heterocycles. The van der Waals surface area contributed by atoms with Crippen molar-refractivity contribution in [3.63, 3.8) is 0 Å². The van der Waals surface area contributed by atoms with Crippen molar-refractivity contribution < 1.29 is 18.0 Å². The number of nitrogens with zero attached hydrogens (tertiary/aromatic N) is 2. The van der Waals surface area contributed by atoms with Crippen molar-refractivity contribution in [3.8, 4) is 0 Å². The lowest BCUT2D eigenvalue weighted by atomic mass is 9.76. The second kappa shape index (κ2) is 10.5. The molecule has 0 radical (unpaired) electrons. The fourth-order valence-electron chi connectivity index (χ4n) is 4.35. The number of anilines is 1. The largest absolute Gasteiger partial charge is 0.388 e. The van der Waals surface area contributed by atoms with Gasteiger partial charge in [0.15, 0.2) is 0 Å². The molecule has 0 bridgehead atoms. The maximum Gasteiger partial charge on any atom is 0.270 e. The van der Waals surface area contributed by atoms with Crippen LogP contribution in [-0.4, -0.2) is 43.3 Å². The van der Waals surface area contributed by atoms with Gasteiger partial charge in [-0.3, -0.25) is 4.79 Å². The molecule has 1 aromatic heterocycles. The number of benzene rings is 1. The molecule has 1 aliphatic heterocycles. The van der Waals surface area contributed by atoms with Crippen molar-refractivity contribution in [2.75, 3.05) is 11.9 Å². The van der Waals surface area contributed by atoms with Crippen LogP contribution in [0.1, 0.15) is 45.4 Å². The highest BCUT2D eigenvalue weighted by Crippen LogP contribution is 2.40. The Balaban J connectivity index is 1.26. The molecule has 34 heavy (non-hydrogen) atoms. The van der Waals surface area contributed by atoms with E-state index in [-0.39, 0.29) is 4.90 Å². The van der Waals surface area contributed by atoms with Gasteiger partial charge >= 0.3 is 0 Å². The number of sulfonamides is 1. The zero-order valence-corrected chi connectivity index (χ0v) is 20.1. The first kappa shape index (κ1) is 24.2. The summed E-state index contributed by atoms with van der Waals surface area (Å²) in [6.45, 7) is 2.65. The highest BCUT2D eigenvalue weighted by molar-refractivity contribution is 7.89. The molecule has 1 fully saturated rings. The van der Waals surface area contributed by atoms with Gasteiger partial charge in [0.2, 0.25) is 10.0 Å². The van der Waals surface area contributed by atoms with Gasteiger partial charge < -0.3 is 15.5 Å². The molecule has 1 amide bonds. The molecule has 1 spiro atoms. The lowest BCUT2D eigenvalue weighted by Gasteiger charge is -2.35. The summed E-state index contributed by atoms with van der Waals surface area (Å²) in [6.07, 6.45) is 5.43. The van der Waals surface area contributed by atoms with E-state index in [0.717, 1.165) is 38.0 Å². The van der Waals surface area contributed by atoms with Gasteiger partial charge in [0, 0.05) is 19.2 Å². The standard InChI is InChI=1S/C24H31N5O4S/c1-2-21(29-34(31,32)19-8-4-3-5-9-19)27-23(30)20-16-24(33-28-20)13-11-18(12-14-24)17-26-22-10-6-7-15-25-22/h3-10,15,18,21,29H,2,11-14,16-17H2,1H3,(H,25,26)(H,27,30). The van der Waals surface area contributed by atoms with Gasteiger partial charge in [-0.1, -0.05) is 36.3 Å². The van der Waals surface area contributed by atoms with Crippen LogP contribution >= 0.6 is 0 Å². The second-order valence-electron chi connectivity index (χ2n) is 8.90. The molecule has 1 saturated carbocycles. The molecule has 1 aromatic carbocycles. The zero-order valence-electron chi connectivity index (χ0n) is 19.2. The monoisotopic (exact) mass is 485 g/mol. The van der Waals surface area contributed by atoms with Crippen LogP contribution in [-0.2, 0) is 19.7 Å². The van der Waals surface area contributed by atoms with E-state index in [1.54, 1.807) is 31.3 Å². The third-order valence-electron chi connectivity index (χ3n) is 6.42. The first-order valence-corrected chi connectivity index (χ1v) is 13.2. The second-order valence-corrected chi connectivity index (χ2v) is 10.6. The van der Waals surface area contributed by atoms with Crippen molar-refractivity contribution in [2.45, 2.75) is 62.1 Å². The minimum atomic E-state index is -3.75. The summed E-state index contributed by atoms with van der Waals surface area (Å²) in [7, 11) is -3.75. The summed E-state index contributed by atoms with van der Waals surface area (Å²) in [6, 6.07) is 13.9. The SMILES string of the molecule is CCC(NC(=O)C1=NOC2(CCC(CNc3ccccn3)CC2)C1)NS(=O)(=O)c1ccccc1. The van der Waals surface area contributed by atoms with Crippen LogP contribution in [0.5, 0.6) is 0 Å². The number of hydrogen-bond donors (Lipinski definition) is 3. The Morgan fingerprint density at radius 3 is 2.56 bits per heavy atom. The highest BCUT2D eigenvalue weighted by atomic mass is 32.2. The van der Waals surface area contributed by atoms with Crippen LogP contribution in [0.25, 0.3) is 0 Å². The van der Waals surface area contributed by atoms with Crippen LogP contribution in [0.4, 0.5) is 5.82 Å². The number of pyridine rings is 1. The smallest absolute Gasteiger partial charge is 0.270 e. The molecule has 4 rings (SSSR count). The van der Waals surface area contributed by atoms with Crippen LogP contribution < -0.4 is 15.4 Å². The lowest BCUT2D eigenvalue weighted by molar-refractivity contribution is -0.115. The Bertz CT molecular complexity index is 1100. The molecule has 2 aromatic rings. The van der Waals surface area contributed by atoms with E-state index in [1.807, 2.05) is 18.2 Å². The molecular formula is C24H31N5O4S. The number of carbonyl (C=O) groups excluding carboxylic acids is 1. The van der Waals surface area contributed by atoms with Gasteiger partial charge in [-0.05, 0) is 62.3 Å². The van der Waals surface area contributed by atoms with E-state index in [1.165, 1.54) is 12.1 Å². The quantitative estimate of drug-likeness (QED) is 0.470. The molecule has 3 N–H and O–H groups in total. The summed E-state index contributed by atoms with van der Waals surface area (Å²) < 4.78 is 27.7. The van der Waals surface area contributed by atoms with Gasteiger partial charge in [0.05, 0.1) is 11.1 Å². The molecule has 1 atom stereocenters. The Labute approximate surface area is 200 Å². The zero-order chi connectivity index (χ0) is 24.0. The fourth-order valence-corrected chi connectivity index (χ4v) is 5.60. The first-order chi connectivity index (χ1) is 16.4. The topological polar surface area (TPSA) is 122 Å². The average molecular weight is 486 g/mol. The van der Waals surface area contributed by atoms with Crippen LogP contribution in [0.3, 0.4) is 0 Å². The fraction of sp³-hybridized carbons (Fsp3) is 0.458. The number of nitrogens with one attached hydrogen (secondary N) is 3. The van der Waals surface area contributed by atoms with Crippen LogP contribution in [0, 0.1) is 5.92 Å². The van der Waals surface area contributed by atoms with Gasteiger partial charge in [-0.2, -0.15) is 4.72 Å². The molecule has 10 heteroatoms. The van der Waals surface area contributed by atoms with Crippen molar-refractivity contribution >= 4 is 27.5 Å². The number of rotatable bonds is 9. The molecule has 182 valence electrons. The molecule has 9 nitrogen and oxygen atoms in total. The summed E-state index contributed by atoms with van der Waals surface area (Å²) in [4.78, 5) is 23.0. The van der Waals surface area contributed by atoms with E-state index in [4.69, 9.17) is 4.84 Å². The van der Waals surface area contributed by atoms with E-state index < -0.39 is 27.7 Å². The molecular weight excluding hydrogens is 454 g/mol.